The van der Waals surface area contributed by atoms with Crippen LogP contribution in [-0.4, -0.2) is 23.0 Å². The van der Waals surface area contributed by atoms with Gasteiger partial charge in [-0.3, -0.25) is 0 Å². The predicted octanol–water partition coefficient (Wildman–Crippen LogP) is 5.00. The van der Waals surface area contributed by atoms with Gasteiger partial charge in [-0.2, -0.15) is 0 Å². The second-order valence-corrected chi connectivity index (χ2v) is 7.56. The fourth-order valence-electron chi connectivity index (χ4n) is 4.52. The fourth-order valence-corrected chi connectivity index (χ4v) is 4.91. The first-order valence-electron chi connectivity index (χ1n) is 8.99. The van der Waals surface area contributed by atoms with E-state index in [0.717, 1.165) is 42.5 Å². The summed E-state index contributed by atoms with van der Waals surface area (Å²) in [5, 5.41) is 10.7. The van der Waals surface area contributed by atoms with Crippen LogP contribution in [0.4, 0.5) is 10.1 Å². The Hall–Kier alpha value is -1.98. The van der Waals surface area contributed by atoms with Gasteiger partial charge in [0, 0.05) is 29.9 Å². The van der Waals surface area contributed by atoms with Crippen LogP contribution < -0.4 is 4.72 Å². The van der Waals surface area contributed by atoms with Crippen LogP contribution in [0.1, 0.15) is 36.0 Å². The molecule has 0 aliphatic heterocycles. The van der Waals surface area contributed by atoms with Gasteiger partial charge in [0.2, 0.25) is 0 Å². The van der Waals surface area contributed by atoms with Gasteiger partial charge in [0.1, 0.15) is 5.82 Å². The van der Waals surface area contributed by atoms with E-state index in [2.05, 4.69) is 34.1 Å². The summed E-state index contributed by atoms with van der Waals surface area (Å²) in [5.41, 5.74) is 5.53. The number of hydrogen-bond acceptors (Lipinski definition) is 3. The van der Waals surface area contributed by atoms with Crippen LogP contribution >= 0.6 is 11.9 Å². The molecule has 0 saturated carbocycles. The third kappa shape index (κ3) is 2.70. The van der Waals surface area contributed by atoms with Crippen LogP contribution in [0.2, 0.25) is 0 Å². The zero-order chi connectivity index (χ0) is 18.1. The number of para-hydroxylation sites is 1. The van der Waals surface area contributed by atoms with Crippen molar-refractivity contribution in [1.82, 2.24) is 4.98 Å². The second kappa shape index (κ2) is 6.97. The molecule has 0 spiro atoms. The quantitative estimate of drug-likeness (QED) is 0.535. The highest BCUT2D eigenvalue weighted by atomic mass is 32.2. The first-order valence-corrected chi connectivity index (χ1v) is 10.2. The minimum Gasteiger partial charge on any atom is -0.396 e. The number of halogens is 1. The summed E-state index contributed by atoms with van der Waals surface area (Å²) < 4.78 is 17.1. The molecule has 5 heteroatoms. The largest absolute Gasteiger partial charge is 0.396 e. The molecule has 1 heterocycles. The maximum absolute atomic E-state index is 13.7. The highest BCUT2D eigenvalue weighted by molar-refractivity contribution is 7.99. The number of H-pyrrole nitrogens is 1. The summed E-state index contributed by atoms with van der Waals surface area (Å²) in [4.78, 5) is 3.45. The SMILES string of the molecule is CSNc1cccc2c(C3(CCCO)CCc4cc(F)ccc43)c[nH]c12. The lowest BCUT2D eigenvalue weighted by Gasteiger charge is -2.31. The number of nitrogens with one attached hydrogen (secondary N) is 2. The number of aliphatic hydroxyl groups is 1. The maximum Gasteiger partial charge on any atom is 0.123 e. The van der Waals surface area contributed by atoms with Crippen LogP contribution in [0.25, 0.3) is 10.9 Å². The smallest absolute Gasteiger partial charge is 0.123 e. The zero-order valence-corrected chi connectivity index (χ0v) is 15.6. The molecule has 0 bridgehead atoms. The Morgan fingerprint density at radius 3 is 2.96 bits per heavy atom. The molecule has 4 rings (SSSR count). The van der Waals surface area contributed by atoms with Gasteiger partial charge < -0.3 is 14.8 Å². The van der Waals surface area contributed by atoms with Crippen LogP contribution in [-0.2, 0) is 11.8 Å². The molecule has 1 aromatic heterocycles. The van der Waals surface area contributed by atoms with Crippen molar-refractivity contribution in [1.29, 1.82) is 0 Å². The average molecular weight is 370 g/mol. The van der Waals surface area contributed by atoms with E-state index < -0.39 is 0 Å². The van der Waals surface area contributed by atoms with Crippen molar-refractivity contribution in [3.8, 4) is 0 Å². The van der Waals surface area contributed by atoms with Crippen molar-refractivity contribution in [3.63, 3.8) is 0 Å². The van der Waals surface area contributed by atoms with Gasteiger partial charge in [-0.05, 0) is 60.6 Å². The molecule has 26 heavy (non-hydrogen) atoms. The third-order valence-electron chi connectivity index (χ3n) is 5.61. The van der Waals surface area contributed by atoms with Gasteiger partial charge in [-0.25, -0.2) is 4.39 Å². The third-order valence-corrected chi connectivity index (χ3v) is 6.03. The number of benzene rings is 2. The first kappa shape index (κ1) is 17.4. The topological polar surface area (TPSA) is 48.0 Å². The summed E-state index contributed by atoms with van der Waals surface area (Å²) >= 11 is 1.57. The molecular weight excluding hydrogens is 347 g/mol. The number of hydrogen-bond donors (Lipinski definition) is 3. The Morgan fingerprint density at radius 1 is 1.27 bits per heavy atom. The Morgan fingerprint density at radius 2 is 2.15 bits per heavy atom. The molecule has 1 atom stereocenters. The van der Waals surface area contributed by atoms with E-state index in [9.17, 15) is 9.50 Å². The molecule has 0 saturated heterocycles. The van der Waals surface area contributed by atoms with E-state index in [1.165, 1.54) is 16.5 Å². The zero-order valence-electron chi connectivity index (χ0n) is 14.8. The average Bonchev–Trinajstić information content (AvgIpc) is 3.23. The lowest BCUT2D eigenvalue weighted by molar-refractivity contribution is 0.269. The van der Waals surface area contributed by atoms with Crippen LogP contribution in [0.5, 0.6) is 0 Å². The van der Waals surface area contributed by atoms with Crippen molar-refractivity contribution >= 4 is 28.5 Å². The molecule has 2 aromatic carbocycles. The Labute approximate surface area is 157 Å². The Kier molecular flexibility index (Phi) is 4.67. The Balaban J connectivity index is 1.90. The lowest BCUT2D eigenvalue weighted by Crippen LogP contribution is -2.25. The van der Waals surface area contributed by atoms with Gasteiger partial charge in [0.15, 0.2) is 0 Å². The molecule has 1 aliphatic carbocycles. The van der Waals surface area contributed by atoms with E-state index in [1.807, 2.05) is 12.3 Å². The number of aryl methyl sites for hydroxylation is 1. The number of fused-ring (bicyclic) bond motifs is 2. The molecule has 1 unspecified atom stereocenters. The highest BCUT2D eigenvalue weighted by Gasteiger charge is 2.41. The fraction of sp³-hybridized carbons (Fsp3) is 0.333. The molecule has 0 fully saturated rings. The van der Waals surface area contributed by atoms with E-state index in [0.29, 0.717) is 0 Å². The van der Waals surface area contributed by atoms with Crippen LogP contribution in [0, 0.1) is 5.82 Å². The van der Waals surface area contributed by atoms with Crippen molar-refractivity contribution in [2.45, 2.75) is 31.1 Å². The normalized spacial score (nSPS) is 19.0. The molecule has 3 aromatic rings. The van der Waals surface area contributed by atoms with Crippen LogP contribution in [0.15, 0.2) is 42.6 Å². The van der Waals surface area contributed by atoms with Crippen molar-refractivity contribution in [2.24, 2.45) is 0 Å². The van der Waals surface area contributed by atoms with Gasteiger partial charge in [0.05, 0.1) is 11.2 Å². The number of rotatable bonds is 6. The molecular formula is C21H23FN2OS. The maximum atomic E-state index is 13.7. The number of aliphatic hydroxyl groups excluding tert-OH is 1. The van der Waals surface area contributed by atoms with E-state index in [4.69, 9.17) is 0 Å². The van der Waals surface area contributed by atoms with Crippen molar-refractivity contribution in [3.05, 3.63) is 65.1 Å². The van der Waals surface area contributed by atoms with Crippen LogP contribution in [0.3, 0.4) is 0 Å². The standard InChI is InChI=1S/C21H23FN2OS/c1-26-24-19-5-2-4-16-18(13-23-20(16)19)21(9-3-11-25)10-8-14-12-15(22)6-7-17(14)21/h2,4-7,12-13,23-25H,3,8-11H2,1H3. The van der Waals surface area contributed by atoms with E-state index >= 15 is 0 Å². The summed E-state index contributed by atoms with van der Waals surface area (Å²) in [7, 11) is 0. The van der Waals surface area contributed by atoms with Crippen molar-refractivity contribution in [2.75, 3.05) is 17.6 Å². The molecule has 1 aliphatic rings. The van der Waals surface area contributed by atoms with Gasteiger partial charge in [-0.1, -0.05) is 30.1 Å². The van der Waals surface area contributed by atoms with Gasteiger partial charge in [0.25, 0.3) is 0 Å². The predicted molar refractivity (Wildman–Crippen MR) is 107 cm³/mol. The Bertz CT molecular complexity index is 939. The summed E-state index contributed by atoms with van der Waals surface area (Å²) in [6.07, 6.45) is 7.51. The monoisotopic (exact) mass is 370 g/mol. The molecule has 3 N–H and O–H groups in total. The van der Waals surface area contributed by atoms with Gasteiger partial charge >= 0.3 is 0 Å². The molecule has 136 valence electrons. The minimum absolute atomic E-state index is 0.167. The lowest BCUT2D eigenvalue weighted by atomic mass is 9.72. The van der Waals surface area contributed by atoms with E-state index in [-0.39, 0.29) is 17.8 Å². The highest BCUT2D eigenvalue weighted by Crippen LogP contribution is 2.50. The summed E-state index contributed by atoms with van der Waals surface area (Å²) in [5.74, 6) is -0.174. The van der Waals surface area contributed by atoms with Gasteiger partial charge in [-0.15, -0.1) is 0 Å². The molecule has 3 nitrogen and oxygen atoms in total. The second-order valence-electron chi connectivity index (χ2n) is 6.95. The summed E-state index contributed by atoms with van der Waals surface area (Å²) in [6, 6.07) is 11.5. The molecule has 0 radical (unpaired) electrons. The van der Waals surface area contributed by atoms with Crippen molar-refractivity contribution < 1.29 is 9.50 Å². The number of anilines is 1. The minimum atomic E-state index is -0.179. The molecule has 0 amide bonds. The summed E-state index contributed by atoms with van der Waals surface area (Å²) in [6.45, 7) is 0.167. The number of aromatic amines is 1. The first-order chi connectivity index (χ1) is 12.7. The number of aromatic nitrogens is 1. The van der Waals surface area contributed by atoms with E-state index in [1.54, 1.807) is 24.1 Å².